The fourth-order valence-corrected chi connectivity index (χ4v) is 4.04. The van der Waals surface area contributed by atoms with Gasteiger partial charge in [-0.3, -0.25) is 14.2 Å². The van der Waals surface area contributed by atoms with E-state index in [1.54, 1.807) is 34.9 Å². The van der Waals surface area contributed by atoms with Crippen LogP contribution in [-0.4, -0.2) is 21.1 Å². The lowest BCUT2D eigenvalue weighted by Gasteiger charge is -2.13. The Bertz CT molecular complexity index is 1270. The van der Waals surface area contributed by atoms with Crippen LogP contribution >= 0.6 is 23.4 Å². The Hall–Kier alpha value is -2.96. The van der Waals surface area contributed by atoms with Crippen molar-refractivity contribution in [3.8, 4) is 0 Å². The van der Waals surface area contributed by atoms with Crippen molar-refractivity contribution in [2.24, 2.45) is 0 Å². The van der Waals surface area contributed by atoms with Crippen LogP contribution in [0.25, 0.3) is 10.9 Å². The second kappa shape index (κ2) is 8.81. The first-order valence-corrected chi connectivity index (χ1v) is 10.5. The van der Waals surface area contributed by atoms with E-state index in [1.165, 1.54) is 36.0 Å². The third kappa shape index (κ3) is 4.45. The van der Waals surface area contributed by atoms with E-state index in [-0.39, 0.29) is 17.1 Å². The predicted molar refractivity (Wildman–Crippen MR) is 118 cm³/mol. The average molecular weight is 439 g/mol. The number of thioether (sulfide) groups is 1. The minimum absolute atomic E-state index is 0.0804. The van der Waals surface area contributed by atoms with Crippen molar-refractivity contribution in [2.75, 3.05) is 5.75 Å². The van der Waals surface area contributed by atoms with Crippen LogP contribution in [-0.2, 0) is 6.54 Å². The van der Waals surface area contributed by atoms with Gasteiger partial charge in [-0.1, -0.05) is 47.6 Å². The van der Waals surface area contributed by atoms with Gasteiger partial charge in [0.2, 0.25) is 0 Å². The lowest BCUT2D eigenvalue weighted by molar-refractivity contribution is 0.102. The van der Waals surface area contributed by atoms with Gasteiger partial charge in [0.25, 0.3) is 5.56 Å². The van der Waals surface area contributed by atoms with E-state index in [0.29, 0.717) is 33.2 Å². The van der Waals surface area contributed by atoms with Gasteiger partial charge in [0.15, 0.2) is 10.9 Å². The third-order valence-corrected chi connectivity index (χ3v) is 5.81. The van der Waals surface area contributed by atoms with Crippen LogP contribution in [0.4, 0.5) is 4.39 Å². The van der Waals surface area contributed by atoms with Crippen LogP contribution in [0.3, 0.4) is 0 Å². The maximum Gasteiger partial charge on any atom is 0.262 e. The van der Waals surface area contributed by atoms with E-state index < -0.39 is 5.82 Å². The SMILES string of the molecule is O=C(CSc1nc2ccccc2c(=O)n1Cc1ccc(Cl)cc1)c1ccc(F)cc1. The summed E-state index contributed by atoms with van der Waals surface area (Å²) in [6, 6.07) is 19.8. The summed E-state index contributed by atoms with van der Waals surface area (Å²) < 4.78 is 14.7. The summed E-state index contributed by atoms with van der Waals surface area (Å²) in [5.74, 6) is -0.482. The molecule has 0 spiro atoms. The van der Waals surface area contributed by atoms with Crippen molar-refractivity contribution in [2.45, 2.75) is 11.7 Å². The van der Waals surface area contributed by atoms with Crippen molar-refractivity contribution < 1.29 is 9.18 Å². The van der Waals surface area contributed by atoms with Crippen LogP contribution in [0.15, 0.2) is 82.7 Å². The highest BCUT2D eigenvalue weighted by atomic mass is 35.5. The average Bonchev–Trinajstić information content (AvgIpc) is 2.76. The van der Waals surface area contributed by atoms with Gasteiger partial charge in [-0.25, -0.2) is 9.37 Å². The molecule has 7 heteroatoms. The van der Waals surface area contributed by atoms with Crippen LogP contribution in [0.1, 0.15) is 15.9 Å². The summed E-state index contributed by atoms with van der Waals surface area (Å²) in [5.41, 5.74) is 1.71. The first-order chi connectivity index (χ1) is 14.5. The highest BCUT2D eigenvalue weighted by molar-refractivity contribution is 7.99. The van der Waals surface area contributed by atoms with Crippen molar-refractivity contribution in [3.05, 3.63) is 105 Å². The third-order valence-electron chi connectivity index (χ3n) is 4.58. The van der Waals surface area contributed by atoms with E-state index >= 15 is 0 Å². The number of rotatable bonds is 6. The Balaban J connectivity index is 1.68. The summed E-state index contributed by atoms with van der Waals surface area (Å²) in [6.45, 7) is 0.306. The van der Waals surface area contributed by atoms with Gasteiger partial charge in [-0.05, 0) is 54.1 Å². The Morgan fingerprint density at radius 2 is 1.70 bits per heavy atom. The normalized spacial score (nSPS) is 11.0. The molecule has 0 aliphatic rings. The molecular formula is C23H16ClFN2O2S. The minimum atomic E-state index is -0.396. The molecular weight excluding hydrogens is 423 g/mol. The molecule has 4 aromatic rings. The molecule has 0 bridgehead atoms. The first kappa shape index (κ1) is 20.3. The molecule has 0 N–H and O–H groups in total. The van der Waals surface area contributed by atoms with Gasteiger partial charge in [0, 0.05) is 10.6 Å². The van der Waals surface area contributed by atoms with Crippen molar-refractivity contribution in [3.63, 3.8) is 0 Å². The molecule has 0 amide bonds. The molecule has 30 heavy (non-hydrogen) atoms. The molecule has 0 unspecified atom stereocenters. The fraction of sp³-hybridized carbons (Fsp3) is 0.0870. The number of benzene rings is 3. The molecule has 3 aromatic carbocycles. The summed E-state index contributed by atoms with van der Waals surface area (Å²) in [7, 11) is 0. The van der Waals surface area contributed by atoms with Gasteiger partial charge >= 0.3 is 0 Å². The maximum atomic E-state index is 13.1. The highest BCUT2D eigenvalue weighted by Crippen LogP contribution is 2.21. The van der Waals surface area contributed by atoms with Gasteiger partial charge in [0.1, 0.15) is 5.82 Å². The molecule has 0 saturated carbocycles. The predicted octanol–water partition coefficient (Wildman–Crippen LogP) is 5.21. The maximum absolute atomic E-state index is 13.1. The number of hydrogen-bond acceptors (Lipinski definition) is 4. The summed E-state index contributed by atoms with van der Waals surface area (Å²) in [6.07, 6.45) is 0. The fourth-order valence-electron chi connectivity index (χ4n) is 3.02. The summed E-state index contributed by atoms with van der Waals surface area (Å²) in [4.78, 5) is 30.3. The second-order valence-corrected chi connectivity index (χ2v) is 8.03. The van der Waals surface area contributed by atoms with E-state index in [4.69, 9.17) is 11.6 Å². The lowest BCUT2D eigenvalue weighted by atomic mass is 10.1. The zero-order valence-electron chi connectivity index (χ0n) is 15.7. The van der Waals surface area contributed by atoms with Crippen molar-refractivity contribution >= 4 is 40.0 Å². The molecule has 0 saturated heterocycles. The van der Waals surface area contributed by atoms with E-state index in [1.807, 2.05) is 18.2 Å². The van der Waals surface area contributed by atoms with Crippen molar-refractivity contribution in [1.29, 1.82) is 0 Å². The standard InChI is InChI=1S/C23H16ClFN2O2S/c24-17-9-5-15(6-10-17)13-27-22(29)19-3-1-2-4-20(19)26-23(27)30-14-21(28)16-7-11-18(25)12-8-16/h1-12H,13-14H2. The van der Waals surface area contributed by atoms with E-state index in [2.05, 4.69) is 4.98 Å². The van der Waals surface area contributed by atoms with E-state index in [0.717, 1.165) is 5.56 Å². The van der Waals surface area contributed by atoms with Crippen LogP contribution in [0.2, 0.25) is 5.02 Å². The number of aromatic nitrogens is 2. The molecule has 1 aromatic heterocycles. The molecule has 0 radical (unpaired) electrons. The second-order valence-electron chi connectivity index (χ2n) is 6.65. The molecule has 0 fully saturated rings. The van der Waals surface area contributed by atoms with E-state index in [9.17, 15) is 14.0 Å². The number of halogens is 2. The summed E-state index contributed by atoms with van der Waals surface area (Å²) >= 11 is 7.15. The van der Waals surface area contributed by atoms with Gasteiger partial charge < -0.3 is 0 Å². The Kier molecular flexibility index (Phi) is 5.97. The minimum Gasteiger partial charge on any atom is -0.293 e. The Morgan fingerprint density at radius 3 is 2.43 bits per heavy atom. The highest BCUT2D eigenvalue weighted by Gasteiger charge is 2.14. The number of fused-ring (bicyclic) bond motifs is 1. The quantitative estimate of drug-likeness (QED) is 0.235. The van der Waals surface area contributed by atoms with Crippen LogP contribution in [0, 0.1) is 5.82 Å². The van der Waals surface area contributed by atoms with Gasteiger partial charge in [-0.15, -0.1) is 0 Å². The Morgan fingerprint density at radius 1 is 1.00 bits per heavy atom. The molecule has 0 aliphatic carbocycles. The Labute approximate surface area is 181 Å². The zero-order valence-corrected chi connectivity index (χ0v) is 17.3. The number of para-hydroxylation sites is 1. The van der Waals surface area contributed by atoms with Crippen LogP contribution < -0.4 is 5.56 Å². The number of hydrogen-bond donors (Lipinski definition) is 0. The molecule has 4 rings (SSSR count). The van der Waals surface area contributed by atoms with Gasteiger partial charge in [0.05, 0.1) is 23.2 Å². The lowest BCUT2D eigenvalue weighted by Crippen LogP contribution is -2.24. The molecule has 1 heterocycles. The number of nitrogens with zero attached hydrogens (tertiary/aromatic N) is 2. The first-order valence-electron chi connectivity index (χ1n) is 9.17. The number of ketones is 1. The largest absolute Gasteiger partial charge is 0.293 e. The smallest absolute Gasteiger partial charge is 0.262 e. The number of carbonyl (C=O) groups is 1. The van der Waals surface area contributed by atoms with Crippen LogP contribution in [0.5, 0.6) is 0 Å². The van der Waals surface area contributed by atoms with Gasteiger partial charge in [-0.2, -0.15) is 0 Å². The molecule has 0 atom stereocenters. The summed E-state index contributed by atoms with van der Waals surface area (Å²) in [5, 5.41) is 1.58. The molecule has 150 valence electrons. The topological polar surface area (TPSA) is 52.0 Å². The number of carbonyl (C=O) groups excluding carboxylic acids is 1. The molecule has 0 aliphatic heterocycles. The molecule has 4 nitrogen and oxygen atoms in total. The van der Waals surface area contributed by atoms with Crippen molar-refractivity contribution in [1.82, 2.24) is 9.55 Å². The zero-order chi connectivity index (χ0) is 21.1. The monoisotopic (exact) mass is 438 g/mol. The number of Topliss-reactive ketones (excluding diaryl/α,β-unsaturated/α-hetero) is 1.